The molecule has 1 N–H and O–H groups in total. The molecule has 0 aliphatic carbocycles. The van der Waals surface area contributed by atoms with Crippen molar-refractivity contribution >= 4 is 39.4 Å². The number of nitrogens with one attached hydrogen (secondary N) is 1. The van der Waals surface area contributed by atoms with Crippen molar-refractivity contribution in [3.63, 3.8) is 0 Å². The van der Waals surface area contributed by atoms with E-state index in [9.17, 15) is 4.79 Å². The van der Waals surface area contributed by atoms with Gasteiger partial charge in [-0.25, -0.2) is 4.79 Å². The number of amides is 1. The third-order valence-corrected chi connectivity index (χ3v) is 3.39. The van der Waals surface area contributed by atoms with E-state index in [1.54, 1.807) is 0 Å². The molecule has 84 valence electrons. The maximum Gasteiger partial charge on any atom is 0.413 e. The van der Waals surface area contributed by atoms with Gasteiger partial charge in [-0.05, 0) is 55.2 Å². The summed E-state index contributed by atoms with van der Waals surface area (Å²) < 4.78 is 9.97. The minimum Gasteiger partial charge on any atom is -0.444 e. The second-order valence-corrected chi connectivity index (χ2v) is 5.80. The summed E-state index contributed by atoms with van der Waals surface area (Å²) in [5.41, 5.74) is -0.498. The van der Waals surface area contributed by atoms with Crippen LogP contribution in [0.15, 0.2) is 4.47 Å². The van der Waals surface area contributed by atoms with Crippen LogP contribution in [0.3, 0.4) is 0 Å². The molecule has 4 nitrogen and oxygen atoms in total. The average Bonchev–Trinajstić information content (AvgIpc) is 2.32. The molecule has 1 heterocycles. The van der Waals surface area contributed by atoms with E-state index < -0.39 is 11.7 Å². The van der Waals surface area contributed by atoms with E-state index >= 15 is 0 Å². The molecule has 0 aromatic carbocycles. The lowest BCUT2D eigenvalue weighted by molar-refractivity contribution is 0.0635. The molecule has 1 aromatic rings. The number of carbonyl (C=O) groups excluding carboxylic acids is 1. The lowest BCUT2D eigenvalue weighted by Gasteiger charge is -2.19. The van der Waals surface area contributed by atoms with Gasteiger partial charge in [-0.1, -0.05) is 0 Å². The van der Waals surface area contributed by atoms with Crippen molar-refractivity contribution in [2.45, 2.75) is 33.3 Å². The highest BCUT2D eigenvalue weighted by Crippen LogP contribution is 2.28. The Balaban J connectivity index is 2.63. The van der Waals surface area contributed by atoms with Crippen molar-refractivity contribution in [1.29, 1.82) is 0 Å². The zero-order valence-corrected chi connectivity index (χ0v) is 11.5. The van der Waals surface area contributed by atoms with Gasteiger partial charge in [0.25, 0.3) is 0 Å². The topological polar surface area (TPSA) is 51.2 Å². The lowest BCUT2D eigenvalue weighted by atomic mass is 10.2. The van der Waals surface area contributed by atoms with Crippen LogP contribution in [-0.2, 0) is 4.74 Å². The number of ether oxygens (including phenoxy) is 1. The molecule has 0 fully saturated rings. The SMILES string of the molecule is Cc1snc(NC(=O)OC(C)(C)C)c1Br. The molecular formula is C9H13BrN2O2S. The van der Waals surface area contributed by atoms with E-state index in [1.165, 1.54) is 11.5 Å². The largest absolute Gasteiger partial charge is 0.444 e. The first-order valence-electron chi connectivity index (χ1n) is 4.41. The number of aryl methyl sites for hydroxylation is 1. The minimum atomic E-state index is -0.498. The fourth-order valence-corrected chi connectivity index (χ4v) is 1.90. The van der Waals surface area contributed by atoms with Gasteiger partial charge >= 0.3 is 6.09 Å². The molecule has 0 aliphatic rings. The molecule has 0 saturated carbocycles. The van der Waals surface area contributed by atoms with Gasteiger partial charge < -0.3 is 4.74 Å². The number of carbonyl (C=O) groups is 1. The van der Waals surface area contributed by atoms with Crippen LogP contribution >= 0.6 is 27.5 Å². The zero-order chi connectivity index (χ0) is 11.6. The molecule has 1 amide bonds. The Bertz CT molecular complexity index is 371. The fourth-order valence-electron chi connectivity index (χ4n) is 0.839. The number of halogens is 1. The molecule has 0 saturated heterocycles. The maximum absolute atomic E-state index is 11.4. The summed E-state index contributed by atoms with van der Waals surface area (Å²) in [6.07, 6.45) is -0.492. The van der Waals surface area contributed by atoms with Crippen molar-refractivity contribution in [2.75, 3.05) is 5.32 Å². The monoisotopic (exact) mass is 292 g/mol. The minimum absolute atomic E-state index is 0.492. The molecular weight excluding hydrogens is 280 g/mol. The molecule has 0 unspecified atom stereocenters. The number of nitrogens with zero attached hydrogens (tertiary/aromatic N) is 1. The van der Waals surface area contributed by atoms with E-state index in [0.717, 1.165) is 9.35 Å². The Morgan fingerprint density at radius 3 is 2.53 bits per heavy atom. The first-order valence-corrected chi connectivity index (χ1v) is 5.98. The second kappa shape index (κ2) is 4.49. The van der Waals surface area contributed by atoms with Crippen LogP contribution in [0, 0.1) is 6.92 Å². The van der Waals surface area contributed by atoms with Gasteiger partial charge in [0, 0.05) is 4.88 Å². The van der Waals surface area contributed by atoms with Gasteiger partial charge in [0.2, 0.25) is 0 Å². The average molecular weight is 293 g/mol. The molecule has 0 atom stereocenters. The summed E-state index contributed by atoms with van der Waals surface area (Å²) in [6, 6.07) is 0. The molecule has 0 aliphatic heterocycles. The van der Waals surface area contributed by atoms with Crippen LogP contribution in [0.25, 0.3) is 0 Å². The van der Waals surface area contributed by atoms with Gasteiger partial charge in [-0.2, -0.15) is 4.37 Å². The highest BCUT2D eigenvalue weighted by molar-refractivity contribution is 9.10. The van der Waals surface area contributed by atoms with Crippen molar-refractivity contribution < 1.29 is 9.53 Å². The first kappa shape index (κ1) is 12.4. The number of hydrogen-bond donors (Lipinski definition) is 1. The summed E-state index contributed by atoms with van der Waals surface area (Å²) in [6.45, 7) is 7.36. The third-order valence-electron chi connectivity index (χ3n) is 1.41. The predicted octanol–water partition coefficient (Wildman–Crippen LogP) is 3.56. The number of aromatic nitrogens is 1. The first-order chi connectivity index (χ1) is 6.79. The smallest absolute Gasteiger partial charge is 0.413 e. The summed E-state index contributed by atoms with van der Waals surface area (Å²) >= 11 is 4.66. The van der Waals surface area contributed by atoms with Gasteiger partial charge in [0.15, 0.2) is 5.82 Å². The van der Waals surface area contributed by atoms with E-state index in [-0.39, 0.29) is 0 Å². The molecule has 0 spiro atoms. The number of anilines is 1. The third kappa shape index (κ3) is 3.79. The van der Waals surface area contributed by atoms with Crippen molar-refractivity contribution in [3.05, 3.63) is 9.35 Å². The highest BCUT2D eigenvalue weighted by Gasteiger charge is 2.18. The Kier molecular flexibility index (Phi) is 3.72. The highest BCUT2D eigenvalue weighted by atomic mass is 79.9. The molecule has 0 bridgehead atoms. The summed E-state index contributed by atoms with van der Waals surface area (Å²) in [5.74, 6) is 0.506. The van der Waals surface area contributed by atoms with Gasteiger partial charge in [0.1, 0.15) is 5.60 Å². The molecule has 6 heteroatoms. The van der Waals surface area contributed by atoms with Gasteiger partial charge in [-0.3, -0.25) is 5.32 Å². The quantitative estimate of drug-likeness (QED) is 0.861. The van der Waals surface area contributed by atoms with E-state index in [2.05, 4.69) is 25.6 Å². The Morgan fingerprint density at radius 1 is 1.53 bits per heavy atom. The van der Waals surface area contributed by atoms with Gasteiger partial charge in [0.05, 0.1) is 4.47 Å². The number of rotatable bonds is 1. The maximum atomic E-state index is 11.4. The standard InChI is InChI=1S/C9H13BrN2O2S/c1-5-6(10)7(12-15-5)11-8(13)14-9(2,3)4/h1-4H3,(H,11,12,13). The Labute approximate surface area is 101 Å². The molecule has 1 rings (SSSR count). The van der Waals surface area contributed by atoms with Crippen LogP contribution in [0.1, 0.15) is 25.6 Å². The van der Waals surface area contributed by atoms with Crippen molar-refractivity contribution in [1.82, 2.24) is 4.37 Å². The summed E-state index contributed by atoms with van der Waals surface area (Å²) in [7, 11) is 0. The zero-order valence-electron chi connectivity index (χ0n) is 9.05. The van der Waals surface area contributed by atoms with Crippen molar-refractivity contribution in [2.24, 2.45) is 0 Å². The molecule has 1 aromatic heterocycles. The van der Waals surface area contributed by atoms with E-state index in [1.807, 2.05) is 27.7 Å². The van der Waals surface area contributed by atoms with Crippen LogP contribution in [0.2, 0.25) is 0 Å². The normalized spacial score (nSPS) is 11.3. The molecule has 0 radical (unpaired) electrons. The van der Waals surface area contributed by atoms with E-state index in [4.69, 9.17) is 4.74 Å². The van der Waals surface area contributed by atoms with E-state index in [0.29, 0.717) is 5.82 Å². The lowest BCUT2D eigenvalue weighted by Crippen LogP contribution is -2.27. The van der Waals surface area contributed by atoms with Crippen LogP contribution < -0.4 is 5.32 Å². The second-order valence-electron chi connectivity index (χ2n) is 4.03. The fraction of sp³-hybridized carbons (Fsp3) is 0.556. The van der Waals surface area contributed by atoms with Crippen LogP contribution in [0.4, 0.5) is 10.6 Å². The Morgan fingerprint density at radius 2 is 2.13 bits per heavy atom. The Hall–Kier alpha value is -0.620. The van der Waals surface area contributed by atoms with Crippen LogP contribution in [-0.4, -0.2) is 16.1 Å². The predicted molar refractivity (Wildman–Crippen MR) is 64.4 cm³/mol. The molecule has 15 heavy (non-hydrogen) atoms. The van der Waals surface area contributed by atoms with Gasteiger partial charge in [-0.15, -0.1) is 0 Å². The van der Waals surface area contributed by atoms with Crippen LogP contribution in [0.5, 0.6) is 0 Å². The summed E-state index contributed by atoms with van der Waals surface area (Å²) in [5, 5.41) is 2.58. The number of hydrogen-bond acceptors (Lipinski definition) is 4. The van der Waals surface area contributed by atoms with Crippen molar-refractivity contribution in [3.8, 4) is 0 Å². The summed E-state index contributed by atoms with van der Waals surface area (Å²) in [4.78, 5) is 12.4.